The molecule has 0 aliphatic heterocycles. The molecule has 0 saturated heterocycles. The van der Waals surface area contributed by atoms with Crippen LogP contribution < -0.4 is 0 Å². The Balaban J connectivity index is -0.0000000450. The summed E-state index contributed by atoms with van der Waals surface area (Å²) in [6.07, 6.45) is 0. The van der Waals surface area contributed by atoms with Crippen LogP contribution in [0.3, 0.4) is 0 Å². The topological polar surface area (TPSA) is 94.7 Å². The van der Waals surface area contributed by atoms with Crippen LogP contribution in [0.25, 0.3) is 0 Å². The molecule has 0 bridgehead atoms. The van der Waals surface area contributed by atoms with Crippen LogP contribution in [-0.2, 0) is 11.4 Å². The van der Waals surface area contributed by atoms with Gasteiger partial charge in [-0.1, -0.05) is 0 Å². The summed E-state index contributed by atoms with van der Waals surface area (Å²) in [7, 11) is 0. The molecule has 34 valence electrons. The van der Waals surface area contributed by atoms with Crippen LogP contribution in [0.15, 0.2) is 0 Å². The fourth-order valence-electron chi connectivity index (χ4n) is 0. The molecule has 0 aliphatic carbocycles. The van der Waals surface area contributed by atoms with Gasteiger partial charge in [-0.2, -0.15) is 0 Å². The summed E-state index contributed by atoms with van der Waals surface area (Å²) in [5, 5.41) is 0. The van der Waals surface area contributed by atoms with Gasteiger partial charge in [0.2, 0.25) is 0 Å². The maximum absolute atomic E-state index is 8.44. The molecule has 0 fully saturated rings. The second-order valence-corrected chi connectivity index (χ2v) is 0.612. The summed E-state index contributed by atoms with van der Waals surface area (Å²) in [6.45, 7) is 0. The van der Waals surface area contributed by atoms with Gasteiger partial charge in [0, 0.05) is 0 Å². The largest absolute Gasteiger partial charge is 2.00 e. The van der Waals surface area contributed by atoms with Crippen LogP contribution in [0.5, 0.6) is 0 Å². The summed E-state index contributed by atoms with van der Waals surface area (Å²) in [5.41, 5.74) is 0. The fraction of sp³-hybridized carbons (Fsp3) is 0. The molecule has 0 amide bonds. The van der Waals surface area contributed by atoms with Gasteiger partial charge >= 0.3 is 37.7 Å². The first-order chi connectivity index (χ1) is 1.73. The average molecular weight is 138 g/mol. The Morgan fingerprint density at radius 3 is 1.33 bits per heavy atom. The van der Waals surface area contributed by atoms with Crippen molar-refractivity contribution in [2.45, 2.75) is 0 Å². The minimum absolute atomic E-state index is 0. The number of rotatable bonds is 0. The Kier molecular flexibility index (Phi) is 25.0. The fourth-order valence-corrected chi connectivity index (χ4v) is 0. The monoisotopic (exact) mass is 138 g/mol. The second kappa shape index (κ2) is 9.56. The van der Waals surface area contributed by atoms with Gasteiger partial charge in [-0.3, -0.25) is 4.21 Å². The molecule has 4 nitrogen and oxygen atoms in total. The molecule has 0 aromatic rings. The molecule has 0 unspecified atom stereocenters. The molecule has 6 heteroatoms. The summed E-state index contributed by atoms with van der Waals surface area (Å²) < 4.78 is 25.3. The number of hydrogen-bond acceptors (Lipinski definition) is 3. The molecule has 0 saturated carbocycles. The first-order valence-electron chi connectivity index (χ1n) is 0.500. The third-order valence-corrected chi connectivity index (χ3v) is 0. The minimum Gasteiger partial charge on any atom is -0.784 e. The zero-order chi connectivity index (χ0) is 3.58. The van der Waals surface area contributed by atoms with Crippen molar-refractivity contribution in [1.82, 2.24) is 0 Å². The van der Waals surface area contributed by atoms with E-state index in [1.165, 1.54) is 0 Å². The average Bonchev–Trinajstić information content (AvgIpc) is 0.811. The second-order valence-electron chi connectivity index (χ2n) is 0.204. The molecule has 2 N–H and O–H groups in total. The van der Waals surface area contributed by atoms with E-state index in [0.29, 0.717) is 0 Å². The Bertz CT molecular complexity index is 30.5. The van der Waals surface area contributed by atoms with Crippen LogP contribution in [0.2, 0.25) is 0 Å². The molecule has 0 radical (unpaired) electrons. The molecular formula is H2CaO4S. The molecule has 0 aromatic carbocycles. The molecule has 0 rings (SSSR count). The van der Waals surface area contributed by atoms with Crippen molar-refractivity contribution >= 4 is 49.1 Å². The van der Waals surface area contributed by atoms with Crippen LogP contribution >= 0.6 is 0 Å². The van der Waals surface area contributed by atoms with Crippen LogP contribution in [0, 0.1) is 0 Å². The van der Waals surface area contributed by atoms with Crippen molar-refractivity contribution < 1.29 is 18.8 Å². The van der Waals surface area contributed by atoms with Gasteiger partial charge < -0.3 is 14.6 Å². The van der Waals surface area contributed by atoms with Gasteiger partial charge in [0.15, 0.2) is 0 Å². The van der Waals surface area contributed by atoms with E-state index in [-0.39, 0.29) is 43.2 Å². The first kappa shape index (κ1) is 15.7. The summed E-state index contributed by atoms with van der Waals surface area (Å²) >= 11 is -3.11. The third kappa shape index (κ3) is 58.5. The van der Waals surface area contributed by atoms with Gasteiger partial charge in [-0.05, 0) is 0 Å². The molecule has 6 heavy (non-hydrogen) atoms. The van der Waals surface area contributed by atoms with Gasteiger partial charge in [0.25, 0.3) is 0 Å². The van der Waals surface area contributed by atoms with Crippen molar-refractivity contribution in [1.29, 1.82) is 0 Å². The molecule has 0 aromatic heterocycles. The van der Waals surface area contributed by atoms with E-state index in [9.17, 15) is 0 Å². The standard InChI is InChI=1S/Ca.H2O3S.H2O/c;1-4(2)3;/h;(H2,1,2,3);1H2/q+2;;/p-2. The predicted octanol–water partition coefficient (Wildman–Crippen LogP) is -2.21. The number of hydrogen-bond donors (Lipinski definition) is 0. The van der Waals surface area contributed by atoms with Gasteiger partial charge in [-0.25, -0.2) is 0 Å². The maximum Gasteiger partial charge on any atom is 2.00 e. The van der Waals surface area contributed by atoms with Crippen LogP contribution in [0.1, 0.15) is 0 Å². The van der Waals surface area contributed by atoms with Crippen molar-refractivity contribution in [3.05, 3.63) is 0 Å². The molecule has 0 spiro atoms. The molecule has 0 heterocycles. The zero-order valence-corrected chi connectivity index (χ0v) is 5.86. The van der Waals surface area contributed by atoms with E-state index in [4.69, 9.17) is 13.3 Å². The Labute approximate surface area is 67.4 Å². The van der Waals surface area contributed by atoms with Crippen molar-refractivity contribution in [3.63, 3.8) is 0 Å². The molecular weight excluding hydrogens is 136 g/mol. The molecule has 0 aliphatic rings. The summed E-state index contributed by atoms with van der Waals surface area (Å²) in [4.78, 5) is 0. The Morgan fingerprint density at radius 2 is 1.33 bits per heavy atom. The van der Waals surface area contributed by atoms with Crippen molar-refractivity contribution in [3.8, 4) is 0 Å². The smallest absolute Gasteiger partial charge is 0.784 e. The van der Waals surface area contributed by atoms with Crippen LogP contribution in [-0.4, -0.2) is 56.5 Å². The summed E-state index contributed by atoms with van der Waals surface area (Å²) in [5.74, 6) is 0. The van der Waals surface area contributed by atoms with Crippen molar-refractivity contribution in [2.75, 3.05) is 0 Å². The third-order valence-electron chi connectivity index (χ3n) is 0. The first-order valence-corrected chi connectivity index (χ1v) is 1.50. The Morgan fingerprint density at radius 1 is 1.33 bits per heavy atom. The van der Waals surface area contributed by atoms with E-state index in [1.54, 1.807) is 0 Å². The van der Waals surface area contributed by atoms with E-state index in [0.717, 1.165) is 0 Å². The van der Waals surface area contributed by atoms with Gasteiger partial charge in [0.1, 0.15) is 0 Å². The zero-order valence-electron chi connectivity index (χ0n) is 2.84. The summed E-state index contributed by atoms with van der Waals surface area (Å²) in [6, 6.07) is 0. The quantitative estimate of drug-likeness (QED) is 0.280. The predicted molar refractivity (Wildman–Crippen MR) is 19.1 cm³/mol. The van der Waals surface area contributed by atoms with E-state index in [1.807, 2.05) is 0 Å². The van der Waals surface area contributed by atoms with Gasteiger partial charge in [0.05, 0.1) is 0 Å². The minimum atomic E-state index is -3.11. The van der Waals surface area contributed by atoms with Gasteiger partial charge in [-0.15, -0.1) is 11.4 Å². The Hall–Kier alpha value is 1.29. The van der Waals surface area contributed by atoms with E-state index in [2.05, 4.69) is 0 Å². The van der Waals surface area contributed by atoms with Crippen LogP contribution in [0.4, 0.5) is 0 Å². The normalized spacial score (nSPS) is 5.83. The van der Waals surface area contributed by atoms with Crippen molar-refractivity contribution in [2.24, 2.45) is 0 Å². The SMILES string of the molecule is O.O=S([O-])[O-].[Ca+2]. The van der Waals surface area contributed by atoms with E-state index >= 15 is 0 Å². The molecule has 0 atom stereocenters. The maximum atomic E-state index is 8.44. The van der Waals surface area contributed by atoms with E-state index < -0.39 is 11.4 Å².